The molecule has 2 aromatic rings. The predicted octanol–water partition coefficient (Wildman–Crippen LogP) is 3.79. The zero-order valence-electron chi connectivity index (χ0n) is 18.2. The van der Waals surface area contributed by atoms with Crippen LogP contribution < -0.4 is 10.0 Å². The minimum atomic E-state index is -3.98. The van der Waals surface area contributed by atoms with Gasteiger partial charge in [0.2, 0.25) is 0 Å². The van der Waals surface area contributed by atoms with Gasteiger partial charge in [0.05, 0.1) is 26.7 Å². The number of piperidine rings is 1. The second-order valence-corrected chi connectivity index (χ2v) is 11.3. The number of sulfonamides is 1. The van der Waals surface area contributed by atoms with Gasteiger partial charge >= 0.3 is 0 Å². The molecule has 2 aliphatic heterocycles. The normalized spacial score (nSPS) is 17.6. The van der Waals surface area contributed by atoms with Gasteiger partial charge in [-0.05, 0) is 61.2 Å². The summed E-state index contributed by atoms with van der Waals surface area (Å²) in [5, 5.41) is 3.34. The maximum absolute atomic E-state index is 13.2. The van der Waals surface area contributed by atoms with Crippen molar-refractivity contribution in [1.29, 1.82) is 0 Å². The fraction of sp³-hybridized carbons (Fsp3) is 0.391. The summed E-state index contributed by atoms with van der Waals surface area (Å²) in [6, 6.07) is 9.25. The number of rotatable bonds is 4. The summed E-state index contributed by atoms with van der Waals surface area (Å²) in [5.41, 5.74) is 1.01. The predicted molar refractivity (Wildman–Crippen MR) is 124 cm³/mol. The number of nitrogens with one attached hydrogen (secondary N) is 2. The molecule has 0 aromatic heterocycles. The topological polar surface area (TPSA) is 95.6 Å². The summed E-state index contributed by atoms with van der Waals surface area (Å²) in [5.74, 6) is -0.988. The second kappa shape index (κ2) is 8.17. The number of amides is 2. The zero-order valence-corrected chi connectivity index (χ0v) is 19.8. The van der Waals surface area contributed by atoms with Crippen LogP contribution in [-0.4, -0.2) is 44.3 Å². The Hall–Kier alpha value is -2.42. The van der Waals surface area contributed by atoms with E-state index in [0.29, 0.717) is 25.9 Å². The number of fused-ring (bicyclic) bond motifs is 1. The number of carbonyl (C=O) groups is 2. The van der Waals surface area contributed by atoms with Crippen LogP contribution in [0.1, 0.15) is 59.9 Å². The average molecular weight is 476 g/mol. The Labute approximate surface area is 193 Å². The molecule has 0 unspecified atom stereocenters. The Kier molecular flexibility index (Phi) is 5.81. The third kappa shape index (κ3) is 4.02. The van der Waals surface area contributed by atoms with Crippen LogP contribution >= 0.6 is 11.6 Å². The third-order valence-corrected chi connectivity index (χ3v) is 7.66. The molecule has 0 spiro atoms. The first-order chi connectivity index (χ1) is 15.0. The van der Waals surface area contributed by atoms with Crippen LogP contribution in [0.4, 0.5) is 5.69 Å². The zero-order chi connectivity index (χ0) is 23.3. The van der Waals surface area contributed by atoms with E-state index in [1.807, 2.05) is 20.8 Å². The van der Waals surface area contributed by atoms with Crippen molar-refractivity contribution in [1.82, 2.24) is 10.2 Å². The number of benzene rings is 2. The maximum atomic E-state index is 13.2. The lowest BCUT2D eigenvalue weighted by Crippen LogP contribution is -2.45. The van der Waals surface area contributed by atoms with E-state index >= 15 is 0 Å². The van der Waals surface area contributed by atoms with E-state index in [2.05, 4.69) is 10.0 Å². The number of imide groups is 1. The number of carbonyl (C=O) groups excluding carboxylic acids is 2. The van der Waals surface area contributed by atoms with Crippen molar-refractivity contribution in [3.8, 4) is 0 Å². The van der Waals surface area contributed by atoms with Crippen LogP contribution in [0.3, 0.4) is 0 Å². The quantitative estimate of drug-likeness (QED) is 0.656. The molecule has 32 heavy (non-hydrogen) atoms. The van der Waals surface area contributed by atoms with Gasteiger partial charge in [0.1, 0.15) is 0 Å². The highest BCUT2D eigenvalue weighted by molar-refractivity contribution is 7.92. The molecule has 2 N–H and O–H groups in total. The van der Waals surface area contributed by atoms with Crippen LogP contribution in [0.15, 0.2) is 41.3 Å². The molecular formula is C23H26ClN3O4S. The van der Waals surface area contributed by atoms with Crippen molar-refractivity contribution in [2.45, 2.75) is 50.0 Å². The largest absolute Gasteiger partial charge is 0.317 e. The Morgan fingerprint density at radius 2 is 1.56 bits per heavy atom. The molecule has 0 radical (unpaired) electrons. The number of halogens is 1. The van der Waals surface area contributed by atoms with E-state index in [9.17, 15) is 18.0 Å². The van der Waals surface area contributed by atoms with Crippen LogP contribution in [0.25, 0.3) is 0 Å². The molecule has 2 amide bonds. The fourth-order valence-corrected chi connectivity index (χ4v) is 5.47. The Bertz CT molecular complexity index is 1180. The van der Waals surface area contributed by atoms with Gasteiger partial charge in [0.25, 0.3) is 21.8 Å². The van der Waals surface area contributed by atoms with Crippen molar-refractivity contribution in [3.63, 3.8) is 0 Å². The highest BCUT2D eigenvalue weighted by atomic mass is 35.5. The van der Waals surface area contributed by atoms with Crippen LogP contribution in [-0.2, 0) is 15.4 Å². The Morgan fingerprint density at radius 1 is 0.969 bits per heavy atom. The van der Waals surface area contributed by atoms with Crippen LogP contribution in [0, 0.1) is 0 Å². The molecule has 2 heterocycles. The molecule has 7 nitrogen and oxygen atoms in total. The highest BCUT2D eigenvalue weighted by Crippen LogP contribution is 2.37. The molecule has 2 aliphatic rings. The summed E-state index contributed by atoms with van der Waals surface area (Å²) in [6.45, 7) is 7.54. The van der Waals surface area contributed by atoms with Gasteiger partial charge in [-0.15, -0.1) is 0 Å². The molecule has 0 saturated carbocycles. The maximum Gasteiger partial charge on any atom is 0.264 e. The number of hydrogen-bond acceptors (Lipinski definition) is 5. The minimum Gasteiger partial charge on any atom is -0.317 e. The average Bonchev–Trinajstić information content (AvgIpc) is 3.01. The van der Waals surface area contributed by atoms with Crippen molar-refractivity contribution in [2.75, 3.05) is 17.8 Å². The van der Waals surface area contributed by atoms with E-state index in [1.165, 1.54) is 29.2 Å². The van der Waals surface area contributed by atoms with Gasteiger partial charge in [-0.3, -0.25) is 19.2 Å². The standard InChI is InChI=1S/C23H26ClN3O4S/c1-23(2,3)14-4-6-16(7-5-14)32(30,31)26-18-9-8-17(24)19-20(18)22(29)27(21(19)28)15-10-12-25-13-11-15/h4-9,15,25-26H,10-13H2,1-3H3. The van der Waals surface area contributed by atoms with Gasteiger partial charge in [0.15, 0.2) is 0 Å². The van der Waals surface area contributed by atoms with Gasteiger partial charge in [-0.2, -0.15) is 0 Å². The molecule has 0 bridgehead atoms. The molecule has 1 saturated heterocycles. The van der Waals surface area contributed by atoms with Gasteiger partial charge < -0.3 is 5.32 Å². The molecule has 0 atom stereocenters. The molecule has 0 aliphatic carbocycles. The Balaban J connectivity index is 1.68. The van der Waals surface area contributed by atoms with Crippen LogP contribution in [0.2, 0.25) is 5.02 Å². The summed E-state index contributed by atoms with van der Waals surface area (Å²) in [6.07, 6.45) is 1.29. The van der Waals surface area contributed by atoms with E-state index < -0.39 is 21.8 Å². The molecule has 4 rings (SSSR count). The van der Waals surface area contributed by atoms with Gasteiger partial charge in [-0.1, -0.05) is 44.5 Å². The first-order valence-electron chi connectivity index (χ1n) is 10.5. The monoisotopic (exact) mass is 475 g/mol. The molecule has 9 heteroatoms. The molecule has 170 valence electrons. The van der Waals surface area contributed by atoms with Gasteiger partial charge in [0, 0.05) is 6.04 Å². The molecule has 2 aromatic carbocycles. The highest BCUT2D eigenvalue weighted by Gasteiger charge is 2.43. The van der Waals surface area contributed by atoms with E-state index in [4.69, 9.17) is 11.6 Å². The first-order valence-corrected chi connectivity index (χ1v) is 12.4. The number of anilines is 1. The van der Waals surface area contributed by atoms with Crippen LogP contribution in [0.5, 0.6) is 0 Å². The minimum absolute atomic E-state index is 0.0101. The third-order valence-electron chi connectivity index (χ3n) is 5.97. The lowest BCUT2D eigenvalue weighted by Gasteiger charge is -2.29. The van der Waals surface area contributed by atoms with Crippen molar-refractivity contribution in [2.24, 2.45) is 0 Å². The van der Waals surface area contributed by atoms with E-state index in [0.717, 1.165) is 5.56 Å². The van der Waals surface area contributed by atoms with Crippen molar-refractivity contribution in [3.05, 3.63) is 58.1 Å². The first kappa shape index (κ1) is 22.8. The summed E-state index contributed by atoms with van der Waals surface area (Å²) >= 11 is 6.27. The summed E-state index contributed by atoms with van der Waals surface area (Å²) in [7, 11) is -3.98. The van der Waals surface area contributed by atoms with Gasteiger partial charge in [-0.25, -0.2) is 8.42 Å². The van der Waals surface area contributed by atoms with E-state index in [1.54, 1.807) is 12.1 Å². The lowest BCUT2D eigenvalue weighted by atomic mass is 9.87. The summed E-state index contributed by atoms with van der Waals surface area (Å²) < 4.78 is 28.6. The Morgan fingerprint density at radius 3 is 2.16 bits per heavy atom. The summed E-state index contributed by atoms with van der Waals surface area (Å²) in [4.78, 5) is 27.6. The van der Waals surface area contributed by atoms with E-state index in [-0.39, 0.29) is 38.2 Å². The second-order valence-electron chi connectivity index (χ2n) is 9.19. The SMILES string of the molecule is CC(C)(C)c1ccc(S(=O)(=O)Nc2ccc(Cl)c3c2C(=O)N(C2CCNCC2)C3=O)cc1. The smallest absolute Gasteiger partial charge is 0.264 e. The fourth-order valence-electron chi connectivity index (χ4n) is 4.16. The number of hydrogen-bond donors (Lipinski definition) is 2. The van der Waals surface area contributed by atoms with Crippen molar-refractivity contribution >= 4 is 39.1 Å². The van der Waals surface area contributed by atoms with Crippen molar-refractivity contribution < 1.29 is 18.0 Å². The molecule has 1 fully saturated rings. The number of nitrogens with zero attached hydrogens (tertiary/aromatic N) is 1. The molecular weight excluding hydrogens is 450 g/mol. The lowest BCUT2D eigenvalue weighted by molar-refractivity contribution is 0.0556.